The van der Waals surface area contributed by atoms with Crippen molar-refractivity contribution in [3.63, 3.8) is 0 Å². The van der Waals surface area contributed by atoms with E-state index in [0.717, 1.165) is 6.07 Å². The molecule has 6 heteroatoms. The molecule has 4 nitrogen and oxygen atoms in total. The van der Waals surface area contributed by atoms with E-state index in [4.69, 9.17) is 5.21 Å². The second-order valence-corrected chi connectivity index (χ2v) is 4.32. The van der Waals surface area contributed by atoms with Gasteiger partial charge in [-0.05, 0) is 31.2 Å². The summed E-state index contributed by atoms with van der Waals surface area (Å²) < 4.78 is 26.6. The summed E-state index contributed by atoms with van der Waals surface area (Å²) in [6.07, 6.45) is 0. The quantitative estimate of drug-likeness (QED) is 0.517. The molecule has 0 spiro atoms. The number of amides is 1. The number of anilines is 1. The van der Waals surface area contributed by atoms with E-state index in [1.807, 2.05) is 0 Å². The largest absolute Gasteiger partial charge is 0.411 e. The summed E-state index contributed by atoms with van der Waals surface area (Å²) in [6, 6.07) is 9.86. The van der Waals surface area contributed by atoms with Gasteiger partial charge in [0.15, 0.2) is 11.6 Å². The average molecular weight is 290 g/mol. The maximum Gasteiger partial charge on any atom is 0.258 e. The number of carbonyl (C=O) groups excluding carboxylic acids is 1. The molecule has 108 valence electrons. The summed E-state index contributed by atoms with van der Waals surface area (Å²) in [5.74, 6) is -3.04. The van der Waals surface area contributed by atoms with Gasteiger partial charge in [0.1, 0.15) is 0 Å². The molecule has 2 N–H and O–H groups in total. The van der Waals surface area contributed by atoms with Gasteiger partial charge in [-0.2, -0.15) is 0 Å². The van der Waals surface area contributed by atoms with Crippen molar-refractivity contribution < 1.29 is 18.8 Å². The molecular weight excluding hydrogens is 278 g/mol. The number of rotatable bonds is 3. The molecule has 2 aromatic rings. The number of oxime groups is 1. The highest BCUT2D eigenvalue weighted by Crippen LogP contribution is 2.16. The van der Waals surface area contributed by atoms with Crippen LogP contribution in [0.2, 0.25) is 0 Å². The minimum absolute atomic E-state index is 0.364. The van der Waals surface area contributed by atoms with E-state index in [1.165, 1.54) is 12.1 Å². The number of hydrogen-bond donors (Lipinski definition) is 2. The van der Waals surface area contributed by atoms with Crippen LogP contribution in [0.1, 0.15) is 22.8 Å². The van der Waals surface area contributed by atoms with Crippen molar-refractivity contribution in [2.24, 2.45) is 5.16 Å². The number of carbonyl (C=O) groups is 1. The normalized spacial score (nSPS) is 11.3. The Morgan fingerprint density at radius 3 is 2.62 bits per heavy atom. The molecule has 0 bridgehead atoms. The molecule has 0 unspecified atom stereocenters. The molecule has 2 aromatic carbocycles. The maximum atomic E-state index is 13.5. The van der Waals surface area contributed by atoms with Crippen LogP contribution in [0.5, 0.6) is 0 Å². The van der Waals surface area contributed by atoms with E-state index >= 15 is 0 Å². The molecule has 0 saturated carbocycles. The fraction of sp³-hybridized carbons (Fsp3) is 0.0667. The first kappa shape index (κ1) is 14.6. The van der Waals surface area contributed by atoms with Gasteiger partial charge in [-0.1, -0.05) is 23.4 Å². The Kier molecular flexibility index (Phi) is 4.27. The molecule has 0 aliphatic carbocycles. The van der Waals surface area contributed by atoms with Gasteiger partial charge in [-0.15, -0.1) is 0 Å². The number of halogens is 2. The molecule has 0 heterocycles. The fourth-order valence-electron chi connectivity index (χ4n) is 1.76. The average Bonchev–Trinajstić information content (AvgIpc) is 2.49. The third-order valence-electron chi connectivity index (χ3n) is 2.88. The van der Waals surface area contributed by atoms with Gasteiger partial charge in [-0.3, -0.25) is 4.79 Å². The van der Waals surface area contributed by atoms with Crippen LogP contribution >= 0.6 is 0 Å². The molecular formula is C15H12F2N2O2. The topological polar surface area (TPSA) is 61.7 Å². The van der Waals surface area contributed by atoms with Crippen molar-refractivity contribution in [2.75, 3.05) is 5.32 Å². The zero-order valence-electron chi connectivity index (χ0n) is 11.1. The highest BCUT2D eigenvalue weighted by atomic mass is 19.2. The van der Waals surface area contributed by atoms with E-state index in [9.17, 15) is 13.6 Å². The van der Waals surface area contributed by atoms with Gasteiger partial charge < -0.3 is 10.5 Å². The van der Waals surface area contributed by atoms with Gasteiger partial charge in [0, 0.05) is 11.3 Å². The van der Waals surface area contributed by atoms with E-state index < -0.39 is 17.5 Å². The Hall–Kier alpha value is -2.76. The number of nitrogens with zero attached hydrogens (tertiary/aromatic N) is 1. The van der Waals surface area contributed by atoms with E-state index in [2.05, 4.69) is 10.5 Å². The molecule has 0 saturated heterocycles. The van der Waals surface area contributed by atoms with Gasteiger partial charge >= 0.3 is 0 Å². The zero-order chi connectivity index (χ0) is 15.4. The van der Waals surface area contributed by atoms with Crippen LogP contribution in [0.15, 0.2) is 47.6 Å². The fourth-order valence-corrected chi connectivity index (χ4v) is 1.76. The first-order valence-corrected chi connectivity index (χ1v) is 6.07. The minimum Gasteiger partial charge on any atom is -0.411 e. The minimum atomic E-state index is -1.20. The van der Waals surface area contributed by atoms with Crippen molar-refractivity contribution >= 4 is 17.3 Å². The Morgan fingerprint density at radius 1 is 1.19 bits per heavy atom. The zero-order valence-corrected chi connectivity index (χ0v) is 11.1. The Morgan fingerprint density at radius 2 is 1.90 bits per heavy atom. The first-order chi connectivity index (χ1) is 10.0. The van der Waals surface area contributed by atoms with Crippen LogP contribution in [0, 0.1) is 11.6 Å². The molecule has 1 amide bonds. The van der Waals surface area contributed by atoms with Crippen molar-refractivity contribution in [2.45, 2.75) is 6.92 Å². The molecule has 0 fully saturated rings. The third-order valence-corrected chi connectivity index (χ3v) is 2.88. The predicted octanol–water partition coefficient (Wildman–Crippen LogP) is 3.42. The van der Waals surface area contributed by atoms with Gasteiger partial charge in [0.25, 0.3) is 5.91 Å². The highest BCUT2D eigenvalue weighted by Gasteiger charge is 2.15. The van der Waals surface area contributed by atoms with E-state index in [-0.39, 0.29) is 5.56 Å². The van der Waals surface area contributed by atoms with Gasteiger partial charge in [0.05, 0.1) is 11.3 Å². The summed E-state index contributed by atoms with van der Waals surface area (Å²) in [7, 11) is 0. The van der Waals surface area contributed by atoms with Crippen LogP contribution in [0.4, 0.5) is 14.5 Å². The SMILES string of the molecule is CC(=NO)c1cccc(NC(=O)c2cccc(F)c2F)c1. The summed E-state index contributed by atoms with van der Waals surface area (Å²) in [4.78, 5) is 11.9. The Labute approximate surface area is 119 Å². The monoisotopic (exact) mass is 290 g/mol. The molecule has 21 heavy (non-hydrogen) atoms. The van der Waals surface area contributed by atoms with Crippen LogP contribution in [-0.4, -0.2) is 16.8 Å². The summed E-state index contributed by atoms with van der Waals surface area (Å²) in [6.45, 7) is 1.59. The lowest BCUT2D eigenvalue weighted by Gasteiger charge is -2.08. The van der Waals surface area contributed by atoms with Gasteiger partial charge in [0.2, 0.25) is 0 Å². The molecule has 2 rings (SSSR count). The van der Waals surface area contributed by atoms with Crippen LogP contribution in [0.25, 0.3) is 0 Å². The lowest BCUT2D eigenvalue weighted by Crippen LogP contribution is -2.14. The summed E-state index contributed by atoms with van der Waals surface area (Å²) in [5.41, 5.74) is 0.954. The maximum absolute atomic E-state index is 13.5. The Bertz CT molecular complexity index is 715. The van der Waals surface area contributed by atoms with Crippen LogP contribution in [0.3, 0.4) is 0 Å². The molecule has 0 aliphatic heterocycles. The Balaban J connectivity index is 2.26. The van der Waals surface area contributed by atoms with Crippen molar-refractivity contribution in [3.05, 3.63) is 65.2 Å². The van der Waals surface area contributed by atoms with Crippen molar-refractivity contribution in [1.29, 1.82) is 0 Å². The second kappa shape index (κ2) is 6.13. The highest BCUT2D eigenvalue weighted by molar-refractivity contribution is 6.05. The van der Waals surface area contributed by atoms with Crippen molar-refractivity contribution in [1.82, 2.24) is 0 Å². The lowest BCUT2D eigenvalue weighted by molar-refractivity contribution is 0.102. The number of nitrogens with one attached hydrogen (secondary N) is 1. The summed E-state index contributed by atoms with van der Waals surface area (Å²) >= 11 is 0. The standard InChI is InChI=1S/C15H12F2N2O2/c1-9(19-21)10-4-2-5-11(8-10)18-15(20)12-6-3-7-13(16)14(12)17/h2-8,21H,1H3,(H,18,20). The molecule has 0 aliphatic rings. The molecule has 0 aromatic heterocycles. The van der Waals surface area contributed by atoms with Crippen LogP contribution < -0.4 is 5.32 Å². The third kappa shape index (κ3) is 3.22. The molecule has 0 atom stereocenters. The number of hydrogen-bond acceptors (Lipinski definition) is 3. The summed E-state index contributed by atoms with van der Waals surface area (Å²) in [5, 5.41) is 14.2. The van der Waals surface area contributed by atoms with Gasteiger partial charge in [-0.25, -0.2) is 8.78 Å². The van der Waals surface area contributed by atoms with Crippen LogP contribution in [-0.2, 0) is 0 Å². The number of benzene rings is 2. The van der Waals surface area contributed by atoms with Crippen molar-refractivity contribution in [3.8, 4) is 0 Å². The van der Waals surface area contributed by atoms with E-state index in [1.54, 1.807) is 31.2 Å². The smallest absolute Gasteiger partial charge is 0.258 e. The first-order valence-electron chi connectivity index (χ1n) is 6.07. The predicted molar refractivity (Wildman–Crippen MR) is 74.8 cm³/mol. The van der Waals surface area contributed by atoms with E-state index in [0.29, 0.717) is 17.0 Å². The second-order valence-electron chi connectivity index (χ2n) is 4.32. The molecule has 0 radical (unpaired) electrons. The lowest BCUT2D eigenvalue weighted by atomic mass is 10.1.